The number of hydrogen-bond donors (Lipinski definition) is 0. The van der Waals surface area contributed by atoms with Crippen LogP contribution < -0.4 is 5.56 Å². The predicted octanol–water partition coefficient (Wildman–Crippen LogP) is 7.38. The maximum atomic E-state index is 14.6. The van der Waals surface area contributed by atoms with Gasteiger partial charge in [-0.3, -0.25) is 14.2 Å². The van der Waals surface area contributed by atoms with Gasteiger partial charge in [-0.2, -0.15) is 0 Å². The molecule has 0 atom stereocenters. The number of thiazole rings is 1. The van der Waals surface area contributed by atoms with Gasteiger partial charge in [0.1, 0.15) is 10.2 Å². The lowest BCUT2D eigenvalue weighted by Crippen LogP contribution is -2.38. The van der Waals surface area contributed by atoms with Gasteiger partial charge in [-0.05, 0) is 86.6 Å². The second kappa shape index (κ2) is 11.9. The Balaban J connectivity index is 1.60. The Morgan fingerprint density at radius 2 is 1.78 bits per heavy atom. The van der Waals surface area contributed by atoms with Gasteiger partial charge in [-0.15, -0.1) is 11.3 Å². The number of rotatable bonds is 8. The summed E-state index contributed by atoms with van der Waals surface area (Å²) in [6.45, 7) is 5.77. The number of amides is 1. The third-order valence-corrected chi connectivity index (χ3v) is 9.40. The summed E-state index contributed by atoms with van der Waals surface area (Å²) in [6, 6.07) is 11.7. The first-order valence-corrected chi connectivity index (χ1v) is 16.0. The molecule has 0 spiro atoms. The molecule has 2 fully saturated rings. The van der Waals surface area contributed by atoms with E-state index < -0.39 is 0 Å². The van der Waals surface area contributed by atoms with Crippen molar-refractivity contribution < 1.29 is 4.79 Å². The highest BCUT2D eigenvalue weighted by Crippen LogP contribution is 2.37. The molecule has 6 rings (SSSR count). The summed E-state index contributed by atoms with van der Waals surface area (Å²) in [5, 5.41) is 2.96. The Kier molecular flexibility index (Phi) is 8.09. The normalized spacial score (nSPS) is 15.3. The molecular formula is C33H35ClN4O2S. The third-order valence-electron chi connectivity index (χ3n) is 8.30. The van der Waals surface area contributed by atoms with Crippen LogP contribution in [0.2, 0.25) is 5.15 Å². The summed E-state index contributed by atoms with van der Waals surface area (Å²) >= 11 is 7.42. The van der Waals surface area contributed by atoms with Gasteiger partial charge in [0.25, 0.3) is 11.5 Å². The van der Waals surface area contributed by atoms with Gasteiger partial charge >= 0.3 is 0 Å². The molecule has 1 aliphatic heterocycles. The molecule has 6 nitrogen and oxygen atoms in total. The number of aryl methyl sites for hydroxylation is 2. The minimum Gasteiger partial charge on any atom is -0.339 e. The minimum atomic E-state index is -0.110. The van der Waals surface area contributed by atoms with Crippen LogP contribution in [0.3, 0.4) is 0 Å². The van der Waals surface area contributed by atoms with Crippen molar-refractivity contribution in [1.29, 1.82) is 0 Å². The van der Waals surface area contributed by atoms with Crippen LogP contribution in [0, 0.1) is 5.92 Å². The van der Waals surface area contributed by atoms with E-state index >= 15 is 0 Å². The molecule has 4 aromatic rings. The maximum absolute atomic E-state index is 14.6. The molecule has 1 aromatic carbocycles. The van der Waals surface area contributed by atoms with Crippen LogP contribution in [0.25, 0.3) is 27.5 Å². The summed E-state index contributed by atoms with van der Waals surface area (Å²) in [5.74, 6) is 0.531. The van der Waals surface area contributed by atoms with Crippen LogP contribution in [0.15, 0.2) is 52.8 Å². The Morgan fingerprint density at radius 3 is 2.41 bits per heavy atom. The molecule has 2 aliphatic rings. The van der Waals surface area contributed by atoms with Gasteiger partial charge < -0.3 is 4.90 Å². The Hall–Kier alpha value is -3.29. The molecule has 1 saturated heterocycles. The second-order valence-corrected chi connectivity index (χ2v) is 12.3. The number of carbonyl (C=O) groups excluding carboxylic acids is 1. The number of pyridine rings is 2. The molecule has 3 aromatic heterocycles. The predicted molar refractivity (Wildman–Crippen MR) is 166 cm³/mol. The fraction of sp³-hybridized carbons (Fsp3) is 0.394. The summed E-state index contributed by atoms with van der Waals surface area (Å²) < 4.78 is 1.90. The molecular weight excluding hydrogens is 552 g/mol. The zero-order chi connectivity index (χ0) is 28.5. The molecule has 1 saturated carbocycles. The molecule has 0 N–H and O–H groups in total. The average molecular weight is 587 g/mol. The number of hydrogen-bond acceptors (Lipinski definition) is 5. The quantitative estimate of drug-likeness (QED) is 0.202. The number of likely N-dealkylation sites (tertiary alicyclic amines) is 1. The first kappa shape index (κ1) is 27.9. The highest BCUT2D eigenvalue weighted by atomic mass is 35.5. The number of benzene rings is 1. The Morgan fingerprint density at radius 1 is 1.05 bits per heavy atom. The lowest BCUT2D eigenvalue weighted by molar-refractivity contribution is 0.0722. The van der Waals surface area contributed by atoms with Crippen molar-refractivity contribution in [1.82, 2.24) is 19.4 Å². The number of carbonyl (C=O) groups is 1. The van der Waals surface area contributed by atoms with Gasteiger partial charge in [0, 0.05) is 35.9 Å². The van der Waals surface area contributed by atoms with E-state index in [0.29, 0.717) is 27.2 Å². The second-order valence-electron chi connectivity index (χ2n) is 11.1. The average Bonchev–Trinajstić information content (AvgIpc) is 3.70. The van der Waals surface area contributed by atoms with Crippen LogP contribution in [0.5, 0.6) is 0 Å². The van der Waals surface area contributed by atoms with E-state index in [2.05, 4.69) is 37.0 Å². The monoisotopic (exact) mass is 586 g/mol. The summed E-state index contributed by atoms with van der Waals surface area (Å²) in [4.78, 5) is 39.9. The smallest absolute Gasteiger partial charge is 0.265 e. The zero-order valence-electron chi connectivity index (χ0n) is 23.7. The van der Waals surface area contributed by atoms with E-state index in [1.807, 2.05) is 27.0 Å². The van der Waals surface area contributed by atoms with Gasteiger partial charge in [-0.25, -0.2) is 9.97 Å². The topological polar surface area (TPSA) is 68.1 Å². The molecule has 0 bridgehead atoms. The fourth-order valence-electron chi connectivity index (χ4n) is 5.85. The highest BCUT2D eigenvalue weighted by Gasteiger charge is 2.32. The zero-order valence-corrected chi connectivity index (χ0v) is 25.2. The van der Waals surface area contributed by atoms with E-state index in [4.69, 9.17) is 16.6 Å². The number of nitrogens with zero attached hydrogens (tertiary/aromatic N) is 4. The van der Waals surface area contributed by atoms with Crippen molar-refractivity contribution in [2.75, 3.05) is 13.1 Å². The van der Waals surface area contributed by atoms with Crippen LogP contribution in [-0.4, -0.2) is 38.4 Å². The number of piperidine rings is 1. The molecule has 4 heterocycles. The van der Waals surface area contributed by atoms with Crippen molar-refractivity contribution in [2.24, 2.45) is 5.92 Å². The van der Waals surface area contributed by atoms with Crippen LogP contribution in [-0.2, 0) is 19.3 Å². The number of halogens is 1. The molecule has 1 aliphatic carbocycles. The van der Waals surface area contributed by atoms with Crippen molar-refractivity contribution in [3.63, 3.8) is 0 Å². The maximum Gasteiger partial charge on any atom is 0.265 e. The standard InChI is InChI=1S/C33H35ClN4O2S/c1-3-22-9-8-10-23(4-2)30(22)38-28(17-21-11-12-21)25(32(39)37-15-6-5-7-16-37)18-26(33(38)40)31-36-27(20-41-31)24-13-14-29(34)35-19-24/h8-10,13-14,18-21H,3-7,11-12,15-17H2,1-2H3. The summed E-state index contributed by atoms with van der Waals surface area (Å²) in [5.41, 5.74) is 6.58. The first-order chi connectivity index (χ1) is 20.0. The van der Waals surface area contributed by atoms with Crippen LogP contribution in [0.1, 0.15) is 73.1 Å². The van der Waals surface area contributed by atoms with E-state index in [1.165, 1.54) is 11.3 Å². The number of para-hydroxylation sites is 1. The molecule has 1 amide bonds. The van der Waals surface area contributed by atoms with E-state index in [1.54, 1.807) is 12.3 Å². The van der Waals surface area contributed by atoms with Gasteiger partial charge in [0.2, 0.25) is 0 Å². The van der Waals surface area contributed by atoms with E-state index in [0.717, 1.165) is 98.2 Å². The van der Waals surface area contributed by atoms with Crippen molar-refractivity contribution in [2.45, 2.75) is 65.2 Å². The molecule has 212 valence electrons. The van der Waals surface area contributed by atoms with Crippen LogP contribution in [0.4, 0.5) is 0 Å². The molecule has 0 radical (unpaired) electrons. The van der Waals surface area contributed by atoms with Gasteiger partial charge in [-0.1, -0.05) is 43.6 Å². The third kappa shape index (κ3) is 5.62. The number of aromatic nitrogens is 3. The van der Waals surface area contributed by atoms with Gasteiger partial charge in [0.15, 0.2) is 0 Å². The summed E-state index contributed by atoms with van der Waals surface area (Å²) in [7, 11) is 0. The van der Waals surface area contributed by atoms with E-state index in [-0.39, 0.29) is 11.5 Å². The lowest BCUT2D eigenvalue weighted by atomic mass is 9.98. The Bertz CT molecular complexity index is 1610. The lowest BCUT2D eigenvalue weighted by Gasteiger charge is -2.29. The molecule has 41 heavy (non-hydrogen) atoms. The fourth-order valence-corrected chi connectivity index (χ4v) is 6.80. The first-order valence-electron chi connectivity index (χ1n) is 14.8. The van der Waals surface area contributed by atoms with Crippen LogP contribution >= 0.6 is 22.9 Å². The van der Waals surface area contributed by atoms with Crippen molar-refractivity contribution >= 4 is 28.8 Å². The summed E-state index contributed by atoms with van der Waals surface area (Å²) in [6.07, 6.45) is 9.45. The highest BCUT2D eigenvalue weighted by molar-refractivity contribution is 7.13. The van der Waals surface area contributed by atoms with Crippen molar-refractivity contribution in [3.05, 3.63) is 85.9 Å². The van der Waals surface area contributed by atoms with E-state index in [9.17, 15) is 9.59 Å². The SMILES string of the molecule is CCc1cccc(CC)c1-n1c(CC2CC2)c(C(=O)N2CCCCC2)cc(-c2nc(-c3ccc(Cl)nc3)cs2)c1=O. The minimum absolute atomic E-state index is 0.0288. The van der Waals surface area contributed by atoms with Gasteiger partial charge in [0.05, 0.1) is 22.5 Å². The molecule has 0 unspecified atom stereocenters. The largest absolute Gasteiger partial charge is 0.339 e. The Labute approximate surface area is 250 Å². The van der Waals surface area contributed by atoms with Crippen molar-refractivity contribution in [3.8, 4) is 27.5 Å². The molecule has 8 heteroatoms.